The molecule has 0 unspecified atom stereocenters. The largest absolute Gasteiger partial charge is 0.353 e. The number of hydrogen-bond acceptors (Lipinski definition) is 5. The first kappa shape index (κ1) is 12.4. The minimum atomic E-state index is 0.229. The maximum Gasteiger partial charge on any atom is 0.230 e. The lowest BCUT2D eigenvalue weighted by molar-refractivity contribution is 0.519. The van der Waals surface area contributed by atoms with E-state index < -0.39 is 0 Å². The van der Waals surface area contributed by atoms with E-state index in [1.165, 1.54) is 19.3 Å². The highest BCUT2D eigenvalue weighted by atomic mass is 35.5. The van der Waals surface area contributed by atoms with Crippen molar-refractivity contribution in [3.63, 3.8) is 0 Å². The number of hydrogen-bond donors (Lipinski definition) is 1. The summed E-state index contributed by atoms with van der Waals surface area (Å²) in [5, 5.41) is 3.49. The number of nitrogens with zero attached hydrogens (tertiary/aromatic N) is 4. The summed E-state index contributed by atoms with van der Waals surface area (Å²) in [4.78, 5) is 14.2. The fourth-order valence-electron chi connectivity index (χ4n) is 1.72. The second kappa shape index (κ2) is 4.64. The van der Waals surface area contributed by atoms with Crippen LogP contribution in [0.2, 0.25) is 5.28 Å². The molecule has 1 saturated carbocycles. The van der Waals surface area contributed by atoms with E-state index in [1.807, 2.05) is 19.0 Å². The van der Waals surface area contributed by atoms with Gasteiger partial charge in [-0.25, -0.2) is 0 Å². The second-order valence-corrected chi connectivity index (χ2v) is 5.17. The van der Waals surface area contributed by atoms with Crippen molar-refractivity contribution < 1.29 is 0 Å². The predicted molar refractivity (Wildman–Crippen MR) is 69.6 cm³/mol. The molecular weight excluding hydrogens is 238 g/mol. The van der Waals surface area contributed by atoms with Crippen molar-refractivity contribution in [2.45, 2.75) is 26.2 Å². The van der Waals surface area contributed by atoms with E-state index in [-0.39, 0.29) is 5.28 Å². The van der Waals surface area contributed by atoms with Crippen LogP contribution in [0, 0.1) is 5.41 Å². The van der Waals surface area contributed by atoms with Crippen molar-refractivity contribution in [1.29, 1.82) is 0 Å². The Kier molecular flexibility index (Phi) is 3.38. The van der Waals surface area contributed by atoms with E-state index >= 15 is 0 Å². The minimum absolute atomic E-state index is 0.229. The summed E-state index contributed by atoms with van der Waals surface area (Å²) in [7, 11) is 3.76. The normalized spacial score (nSPS) is 16.7. The summed E-state index contributed by atoms with van der Waals surface area (Å²) < 4.78 is 0. The van der Waals surface area contributed by atoms with E-state index in [9.17, 15) is 0 Å². The molecule has 94 valence electrons. The van der Waals surface area contributed by atoms with Gasteiger partial charge in [-0.15, -0.1) is 0 Å². The molecule has 0 amide bonds. The Morgan fingerprint density at radius 1 is 1.29 bits per heavy atom. The zero-order valence-corrected chi connectivity index (χ0v) is 11.3. The second-order valence-electron chi connectivity index (χ2n) is 4.83. The Hall–Kier alpha value is -1.10. The van der Waals surface area contributed by atoms with Crippen LogP contribution in [0.5, 0.6) is 0 Å². The van der Waals surface area contributed by atoms with Gasteiger partial charge in [0.25, 0.3) is 0 Å². The molecule has 5 nitrogen and oxygen atoms in total. The third-order valence-corrected chi connectivity index (χ3v) is 3.49. The molecule has 2 rings (SSSR count). The van der Waals surface area contributed by atoms with Gasteiger partial charge in [-0.3, -0.25) is 0 Å². The molecule has 0 bridgehead atoms. The maximum atomic E-state index is 5.86. The zero-order valence-electron chi connectivity index (χ0n) is 10.5. The third kappa shape index (κ3) is 2.97. The molecule has 0 spiro atoms. The summed E-state index contributed by atoms with van der Waals surface area (Å²) in [5.41, 5.74) is 0.456. The van der Waals surface area contributed by atoms with Gasteiger partial charge in [0, 0.05) is 20.6 Å². The fourth-order valence-corrected chi connectivity index (χ4v) is 1.87. The standard InChI is InChI=1S/C11H18ClN5/c1-4-11(5-6-11)7-13-9-14-8(12)15-10(16-9)17(2)3/h4-7H2,1-3H3,(H,13,14,15,16). The Labute approximate surface area is 107 Å². The van der Waals surface area contributed by atoms with Crippen LogP contribution in [-0.4, -0.2) is 35.6 Å². The van der Waals surface area contributed by atoms with Crippen LogP contribution in [0.4, 0.5) is 11.9 Å². The zero-order chi connectivity index (χ0) is 12.5. The monoisotopic (exact) mass is 255 g/mol. The summed E-state index contributed by atoms with van der Waals surface area (Å²) in [5.74, 6) is 1.14. The topological polar surface area (TPSA) is 53.9 Å². The average molecular weight is 256 g/mol. The summed E-state index contributed by atoms with van der Waals surface area (Å²) >= 11 is 5.86. The van der Waals surface area contributed by atoms with Crippen molar-refractivity contribution in [1.82, 2.24) is 15.0 Å². The lowest BCUT2D eigenvalue weighted by atomic mass is 10.0. The van der Waals surface area contributed by atoms with Gasteiger partial charge >= 0.3 is 0 Å². The van der Waals surface area contributed by atoms with Gasteiger partial charge < -0.3 is 10.2 Å². The molecular formula is C11H18ClN5. The Bertz CT molecular complexity index is 403. The number of rotatable bonds is 5. The quantitative estimate of drug-likeness (QED) is 0.874. The molecule has 1 aromatic rings. The molecule has 0 aromatic carbocycles. The number of aromatic nitrogens is 3. The SMILES string of the molecule is CCC1(CNc2nc(Cl)nc(N(C)C)n2)CC1. The smallest absolute Gasteiger partial charge is 0.230 e. The third-order valence-electron chi connectivity index (χ3n) is 3.32. The first-order valence-electron chi connectivity index (χ1n) is 5.87. The molecule has 1 heterocycles. The molecule has 0 aliphatic heterocycles. The predicted octanol–water partition coefficient (Wildman–Crippen LogP) is 2.19. The van der Waals surface area contributed by atoms with Crippen LogP contribution in [0.1, 0.15) is 26.2 Å². The number of nitrogens with one attached hydrogen (secondary N) is 1. The first-order valence-corrected chi connectivity index (χ1v) is 6.25. The first-order chi connectivity index (χ1) is 8.04. The molecule has 17 heavy (non-hydrogen) atoms. The Balaban J connectivity index is 2.05. The van der Waals surface area contributed by atoms with Crippen LogP contribution >= 0.6 is 11.6 Å². The van der Waals surface area contributed by atoms with E-state index in [1.54, 1.807) is 0 Å². The minimum Gasteiger partial charge on any atom is -0.353 e. The molecule has 0 saturated heterocycles. The molecule has 0 atom stereocenters. The summed E-state index contributed by atoms with van der Waals surface area (Å²) in [6.07, 6.45) is 3.77. The van der Waals surface area contributed by atoms with Gasteiger partial charge in [-0.05, 0) is 36.3 Å². The van der Waals surface area contributed by atoms with E-state index in [4.69, 9.17) is 11.6 Å². The van der Waals surface area contributed by atoms with Crippen LogP contribution in [0.3, 0.4) is 0 Å². The van der Waals surface area contributed by atoms with Gasteiger partial charge in [-0.1, -0.05) is 6.92 Å². The van der Waals surface area contributed by atoms with Crippen molar-refractivity contribution in [2.75, 3.05) is 30.9 Å². The Morgan fingerprint density at radius 2 is 2.00 bits per heavy atom. The van der Waals surface area contributed by atoms with Gasteiger partial charge in [0.15, 0.2) is 0 Å². The van der Waals surface area contributed by atoms with Gasteiger partial charge in [0.1, 0.15) is 0 Å². The lowest BCUT2D eigenvalue weighted by Gasteiger charge is -2.15. The van der Waals surface area contributed by atoms with Crippen molar-refractivity contribution in [3.8, 4) is 0 Å². The number of anilines is 2. The van der Waals surface area contributed by atoms with Gasteiger partial charge in [0.2, 0.25) is 17.2 Å². The molecule has 1 aliphatic rings. The lowest BCUT2D eigenvalue weighted by Crippen LogP contribution is -2.19. The van der Waals surface area contributed by atoms with Crippen LogP contribution in [-0.2, 0) is 0 Å². The van der Waals surface area contributed by atoms with Crippen molar-refractivity contribution >= 4 is 23.5 Å². The van der Waals surface area contributed by atoms with Gasteiger partial charge in [0.05, 0.1) is 0 Å². The summed E-state index contributed by atoms with van der Waals surface area (Å²) in [6, 6.07) is 0. The van der Waals surface area contributed by atoms with Gasteiger partial charge in [-0.2, -0.15) is 15.0 Å². The van der Waals surface area contributed by atoms with E-state index in [2.05, 4.69) is 27.2 Å². The fraction of sp³-hybridized carbons (Fsp3) is 0.727. The van der Waals surface area contributed by atoms with Crippen LogP contribution in [0.25, 0.3) is 0 Å². The molecule has 1 N–H and O–H groups in total. The highest BCUT2D eigenvalue weighted by Crippen LogP contribution is 2.48. The molecule has 1 fully saturated rings. The van der Waals surface area contributed by atoms with E-state index in [0.29, 0.717) is 17.3 Å². The maximum absolute atomic E-state index is 5.86. The van der Waals surface area contributed by atoms with Crippen molar-refractivity contribution in [3.05, 3.63) is 5.28 Å². The van der Waals surface area contributed by atoms with Crippen LogP contribution < -0.4 is 10.2 Å². The summed E-state index contributed by atoms with van der Waals surface area (Å²) in [6.45, 7) is 3.14. The molecule has 1 aromatic heterocycles. The van der Waals surface area contributed by atoms with E-state index in [0.717, 1.165) is 6.54 Å². The molecule has 1 aliphatic carbocycles. The Morgan fingerprint density at radius 3 is 2.53 bits per heavy atom. The highest BCUT2D eigenvalue weighted by Gasteiger charge is 2.40. The molecule has 0 radical (unpaired) electrons. The highest BCUT2D eigenvalue weighted by molar-refractivity contribution is 6.28. The average Bonchev–Trinajstić information content (AvgIpc) is 3.06. The van der Waals surface area contributed by atoms with Crippen molar-refractivity contribution in [2.24, 2.45) is 5.41 Å². The number of halogens is 1. The van der Waals surface area contributed by atoms with Crippen LogP contribution in [0.15, 0.2) is 0 Å². The molecule has 6 heteroatoms.